The van der Waals surface area contributed by atoms with Gasteiger partial charge >= 0.3 is 5.97 Å². The fourth-order valence-corrected chi connectivity index (χ4v) is 4.22. The molecule has 1 unspecified atom stereocenters. The molecule has 0 saturated carbocycles. The van der Waals surface area contributed by atoms with Crippen molar-refractivity contribution in [2.24, 2.45) is 4.99 Å². The summed E-state index contributed by atoms with van der Waals surface area (Å²) in [6.45, 7) is 1.95. The lowest BCUT2D eigenvalue weighted by molar-refractivity contribution is 0.0696. The fourth-order valence-electron chi connectivity index (χ4n) is 4.22. The number of carbonyl (C=O) groups is 1. The summed E-state index contributed by atoms with van der Waals surface area (Å²) in [5.74, 6) is -0.0351. The average molecular weight is 401 g/mol. The summed E-state index contributed by atoms with van der Waals surface area (Å²) in [7, 11) is 1.97. The summed E-state index contributed by atoms with van der Waals surface area (Å²) in [6.07, 6.45) is 4.78. The first kappa shape index (κ1) is 18.4. The Hall–Kier alpha value is -3.61. The molecule has 3 heterocycles. The van der Waals surface area contributed by atoms with E-state index in [0.29, 0.717) is 0 Å². The molecule has 0 radical (unpaired) electrons. The van der Waals surface area contributed by atoms with Crippen LogP contribution in [-0.2, 0) is 0 Å². The molecule has 1 atom stereocenters. The van der Waals surface area contributed by atoms with Gasteiger partial charge in [-0.05, 0) is 36.1 Å². The van der Waals surface area contributed by atoms with E-state index in [1.165, 1.54) is 18.0 Å². The van der Waals surface area contributed by atoms with Gasteiger partial charge in [-0.2, -0.15) is 5.10 Å². The Kier molecular flexibility index (Phi) is 4.50. The Bertz CT molecular complexity index is 1120. The molecule has 5 rings (SSSR count). The van der Waals surface area contributed by atoms with E-state index in [9.17, 15) is 9.90 Å². The molecule has 152 valence electrons. The molecule has 30 heavy (non-hydrogen) atoms. The predicted octanol–water partition coefficient (Wildman–Crippen LogP) is 3.70. The first-order valence-corrected chi connectivity index (χ1v) is 10.1. The lowest BCUT2D eigenvalue weighted by Gasteiger charge is -2.36. The van der Waals surface area contributed by atoms with Crippen LogP contribution < -0.4 is 4.90 Å². The predicted molar refractivity (Wildman–Crippen MR) is 116 cm³/mol. The van der Waals surface area contributed by atoms with E-state index < -0.39 is 12.3 Å². The topological polar surface area (TPSA) is 74.0 Å². The molecule has 0 amide bonds. The van der Waals surface area contributed by atoms with Crippen LogP contribution in [0.5, 0.6) is 0 Å². The maximum atomic E-state index is 11.3. The van der Waals surface area contributed by atoms with Crippen molar-refractivity contribution in [2.45, 2.75) is 19.1 Å². The smallest absolute Gasteiger partial charge is 0.338 e. The first-order valence-electron chi connectivity index (χ1n) is 10.1. The zero-order valence-electron chi connectivity index (χ0n) is 16.8. The van der Waals surface area contributed by atoms with Crippen molar-refractivity contribution < 1.29 is 9.90 Å². The molecule has 1 saturated heterocycles. The molecule has 1 aromatic heterocycles. The molecule has 7 heteroatoms. The summed E-state index contributed by atoms with van der Waals surface area (Å²) in [4.78, 5) is 20.7. The second-order valence-electron chi connectivity index (χ2n) is 7.72. The number of aromatic carboxylic acids is 1. The van der Waals surface area contributed by atoms with Gasteiger partial charge in [0, 0.05) is 31.9 Å². The first-order chi connectivity index (χ1) is 14.6. The second kappa shape index (κ2) is 7.33. The van der Waals surface area contributed by atoms with Gasteiger partial charge in [-0.1, -0.05) is 36.4 Å². The van der Waals surface area contributed by atoms with Gasteiger partial charge in [-0.3, -0.25) is 0 Å². The van der Waals surface area contributed by atoms with Crippen LogP contribution in [0.15, 0.2) is 65.9 Å². The van der Waals surface area contributed by atoms with E-state index in [0.717, 1.165) is 48.6 Å². The molecule has 0 bridgehead atoms. The summed E-state index contributed by atoms with van der Waals surface area (Å²) >= 11 is 0. The zero-order valence-corrected chi connectivity index (χ0v) is 16.8. The number of anilines is 1. The van der Waals surface area contributed by atoms with E-state index >= 15 is 0 Å². The van der Waals surface area contributed by atoms with Gasteiger partial charge < -0.3 is 14.9 Å². The number of carboxylic acids is 1. The maximum Gasteiger partial charge on any atom is 0.338 e. The molecule has 2 aliphatic heterocycles. The lowest BCUT2D eigenvalue weighted by atomic mass is 9.99. The van der Waals surface area contributed by atoms with Crippen molar-refractivity contribution in [3.8, 4) is 11.1 Å². The van der Waals surface area contributed by atoms with Gasteiger partial charge in [0.2, 0.25) is 6.29 Å². The van der Waals surface area contributed by atoms with Crippen LogP contribution in [0, 0.1) is 0 Å². The van der Waals surface area contributed by atoms with Crippen molar-refractivity contribution in [1.29, 1.82) is 0 Å². The standard InChI is InChI=1S/C23H23N5O2/c1-26-20-10-9-17(16-7-3-2-4-8-16)13-19(20)21(27-11-5-6-12-27)25-23(26)28-15-18(14-24-28)22(29)30/h2-4,7-10,13-15,23H,5-6,11-12H2,1H3,(H,29,30). The van der Waals surface area contributed by atoms with Crippen molar-refractivity contribution in [2.75, 3.05) is 25.0 Å². The molecule has 7 nitrogen and oxygen atoms in total. The van der Waals surface area contributed by atoms with E-state index in [2.05, 4.69) is 40.3 Å². The third kappa shape index (κ3) is 3.12. The monoisotopic (exact) mass is 401 g/mol. The quantitative estimate of drug-likeness (QED) is 0.724. The van der Waals surface area contributed by atoms with Crippen LogP contribution in [-0.4, -0.2) is 51.7 Å². The number of carboxylic acid groups (broad SMARTS) is 1. The van der Waals surface area contributed by atoms with Gasteiger partial charge in [0.1, 0.15) is 5.84 Å². The summed E-state index contributed by atoms with van der Waals surface area (Å²) < 4.78 is 1.62. The summed E-state index contributed by atoms with van der Waals surface area (Å²) in [5, 5.41) is 13.6. The van der Waals surface area contributed by atoms with Gasteiger partial charge in [0.05, 0.1) is 17.4 Å². The molecule has 0 aliphatic carbocycles. The molecule has 2 aromatic carbocycles. The minimum absolute atomic E-state index is 0.159. The summed E-state index contributed by atoms with van der Waals surface area (Å²) in [5.41, 5.74) is 4.64. The van der Waals surface area contributed by atoms with Gasteiger partial charge in [0.25, 0.3) is 0 Å². The van der Waals surface area contributed by atoms with Crippen LogP contribution in [0.25, 0.3) is 11.1 Å². The minimum atomic E-state index is -0.989. The van der Waals surface area contributed by atoms with E-state index in [1.54, 1.807) is 4.68 Å². The van der Waals surface area contributed by atoms with Crippen LogP contribution in [0.2, 0.25) is 0 Å². The number of amidine groups is 1. The molecule has 0 spiro atoms. The van der Waals surface area contributed by atoms with E-state index in [1.807, 2.05) is 30.1 Å². The number of rotatable bonds is 3. The number of hydrogen-bond acceptors (Lipinski definition) is 5. The number of hydrogen-bond donors (Lipinski definition) is 1. The molecule has 1 fully saturated rings. The Morgan fingerprint density at radius 2 is 1.83 bits per heavy atom. The maximum absolute atomic E-state index is 11.3. The van der Waals surface area contributed by atoms with Crippen LogP contribution >= 0.6 is 0 Å². The molecule has 1 N–H and O–H groups in total. The third-order valence-electron chi connectivity index (χ3n) is 5.80. The number of fused-ring (bicyclic) bond motifs is 1. The highest BCUT2D eigenvalue weighted by Crippen LogP contribution is 2.36. The zero-order chi connectivity index (χ0) is 20.7. The lowest BCUT2D eigenvalue weighted by Crippen LogP contribution is -2.39. The molecular formula is C23H23N5O2. The summed E-state index contributed by atoms with van der Waals surface area (Å²) in [6, 6.07) is 16.8. The van der Waals surface area contributed by atoms with Crippen LogP contribution in [0.3, 0.4) is 0 Å². The number of nitrogens with zero attached hydrogens (tertiary/aromatic N) is 5. The van der Waals surface area contributed by atoms with Crippen molar-refractivity contribution in [3.05, 3.63) is 72.1 Å². The van der Waals surface area contributed by atoms with Gasteiger partial charge in [0.15, 0.2) is 0 Å². The van der Waals surface area contributed by atoms with Crippen LogP contribution in [0.1, 0.15) is 35.1 Å². The van der Waals surface area contributed by atoms with Gasteiger partial charge in [-0.25, -0.2) is 14.5 Å². The fraction of sp³-hybridized carbons (Fsp3) is 0.261. The van der Waals surface area contributed by atoms with Crippen molar-refractivity contribution >= 4 is 17.5 Å². The largest absolute Gasteiger partial charge is 0.478 e. The normalized spacial score (nSPS) is 18.3. The van der Waals surface area contributed by atoms with Crippen LogP contribution in [0.4, 0.5) is 5.69 Å². The average Bonchev–Trinajstić information content (AvgIpc) is 3.47. The van der Waals surface area contributed by atoms with Crippen molar-refractivity contribution in [3.63, 3.8) is 0 Å². The Labute approximate surface area is 174 Å². The molecule has 3 aromatic rings. The highest BCUT2D eigenvalue weighted by atomic mass is 16.4. The number of aromatic nitrogens is 2. The highest BCUT2D eigenvalue weighted by Gasteiger charge is 2.31. The third-order valence-corrected chi connectivity index (χ3v) is 5.80. The number of aliphatic imine (C=N–C) groups is 1. The second-order valence-corrected chi connectivity index (χ2v) is 7.72. The SMILES string of the molecule is CN1c2ccc(-c3ccccc3)cc2C(N2CCCC2)=NC1n1cc(C(=O)O)cn1. The molecule has 2 aliphatic rings. The number of likely N-dealkylation sites (tertiary alicyclic amines) is 1. The van der Waals surface area contributed by atoms with E-state index in [4.69, 9.17) is 4.99 Å². The minimum Gasteiger partial charge on any atom is -0.478 e. The Morgan fingerprint density at radius 1 is 1.07 bits per heavy atom. The van der Waals surface area contributed by atoms with Gasteiger partial charge in [-0.15, -0.1) is 0 Å². The van der Waals surface area contributed by atoms with Crippen molar-refractivity contribution in [1.82, 2.24) is 14.7 Å². The van der Waals surface area contributed by atoms with E-state index in [-0.39, 0.29) is 5.56 Å². The Morgan fingerprint density at radius 3 is 2.53 bits per heavy atom. The highest BCUT2D eigenvalue weighted by molar-refractivity contribution is 6.06. The Balaban J connectivity index is 1.61. The molecular weight excluding hydrogens is 378 g/mol. The number of benzene rings is 2.